The monoisotopic (exact) mass is 370 g/mol. The molecule has 136 valence electrons. The number of nitrogens with zero attached hydrogens (tertiary/aromatic N) is 4. The Kier molecular flexibility index (Phi) is 5.20. The van der Waals surface area contributed by atoms with E-state index in [-0.39, 0.29) is 6.61 Å². The van der Waals surface area contributed by atoms with Gasteiger partial charge in [-0.05, 0) is 55.8 Å². The van der Waals surface area contributed by atoms with E-state index in [1.54, 1.807) is 0 Å². The minimum Gasteiger partial charge on any atom is -0.394 e. The van der Waals surface area contributed by atoms with Crippen molar-refractivity contribution in [3.05, 3.63) is 59.0 Å². The van der Waals surface area contributed by atoms with E-state index in [0.717, 1.165) is 48.4 Å². The average Bonchev–Trinajstić information content (AvgIpc) is 3.11. The molecule has 3 heterocycles. The molecule has 0 amide bonds. The third kappa shape index (κ3) is 3.61. The molecule has 1 aromatic carbocycles. The fraction of sp³-hybridized carbons (Fsp3) is 0.400. The first-order chi connectivity index (χ1) is 12.7. The number of piperidine rings is 1. The fourth-order valence-corrected chi connectivity index (χ4v) is 4.20. The maximum atomic E-state index is 9.19. The quantitative estimate of drug-likeness (QED) is 0.747. The number of aliphatic hydroxyl groups excluding tert-OH is 1. The van der Waals surface area contributed by atoms with Gasteiger partial charge in [0.1, 0.15) is 0 Å². The molecule has 3 aromatic rings. The van der Waals surface area contributed by atoms with Crippen molar-refractivity contribution >= 4 is 22.5 Å². The molecule has 0 spiro atoms. The lowest BCUT2D eigenvalue weighted by Crippen LogP contribution is -2.33. The highest BCUT2D eigenvalue weighted by molar-refractivity contribution is 6.31. The summed E-state index contributed by atoms with van der Waals surface area (Å²) in [6.45, 7) is 3.65. The summed E-state index contributed by atoms with van der Waals surface area (Å²) in [5, 5.41) is 15.4. The third-order valence-corrected chi connectivity index (χ3v) is 5.43. The number of hydrogen-bond acceptors (Lipinski definition) is 4. The van der Waals surface area contributed by atoms with Gasteiger partial charge in [-0.3, -0.25) is 14.6 Å². The summed E-state index contributed by atoms with van der Waals surface area (Å²) in [6.07, 6.45) is 5.88. The number of aromatic nitrogens is 3. The van der Waals surface area contributed by atoms with Crippen LogP contribution >= 0.6 is 11.6 Å². The molecule has 0 saturated carbocycles. The summed E-state index contributed by atoms with van der Waals surface area (Å²) in [7, 11) is 0. The third-order valence-electron chi connectivity index (χ3n) is 5.21. The van der Waals surface area contributed by atoms with Gasteiger partial charge in [-0.1, -0.05) is 17.7 Å². The molecule has 0 aliphatic carbocycles. The van der Waals surface area contributed by atoms with Crippen LogP contribution in [0.5, 0.6) is 0 Å². The number of rotatable bonds is 5. The molecule has 1 aliphatic heterocycles. The van der Waals surface area contributed by atoms with E-state index in [0.29, 0.717) is 12.5 Å². The highest BCUT2D eigenvalue weighted by atomic mass is 35.5. The Hall–Kier alpha value is -1.95. The van der Waals surface area contributed by atoms with Crippen LogP contribution in [0.15, 0.2) is 42.7 Å². The molecular weight excluding hydrogens is 348 g/mol. The predicted molar refractivity (Wildman–Crippen MR) is 103 cm³/mol. The number of pyridine rings is 1. The van der Waals surface area contributed by atoms with Crippen molar-refractivity contribution in [2.24, 2.45) is 0 Å². The second-order valence-electron chi connectivity index (χ2n) is 6.89. The van der Waals surface area contributed by atoms with Crippen LogP contribution in [0.2, 0.25) is 5.02 Å². The lowest BCUT2D eigenvalue weighted by molar-refractivity contribution is 0.199. The van der Waals surface area contributed by atoms with Crippen molar-refractivity contribution in [3.8, 4) is 0 Å². The van der Waals surface area contributed by atoms with Crippen LogP contribution < -0.4 is 0 Å². The SMILES string of the molecule is OCCn1nccc1C1CCN(Cc2cc(Cl)cc3cccnc23)CC1. The molecule has 0 unspecified atom stereocenters. The van der Waals surface area contributed by atoms with Gasteiger partial charge >= 0.3 is 0 Å². The molecule has 1 fully saturated rings. The first kappa shape index (κ1) is 17.5. The number of benzene rings is 1. The fourth-order valence-electron chi connectivity index (χ4n) is 3.95. The van der Waals surface area contributed by atoms with E-state index in [9.17, 15) is 5.11 Å². The molecule has 1 N–H and O–H groups in total. The normalized spacial score (nSPS) is 16.4. The molecule has 5 nitrogen and oxygen atoms in total. The molecule has 6 heteroatoms. The van der Waals surface area contributed by atoms with Crippen LogP contribution in [0.25, 0.3) is 10.9 Å². The zero-order chi connectivity index (χ0) is 17.9. The molecule has 4 rings (SSSR count). The molecule has 0 atom stereocenters. The van der Waals surface area contributed by atoms with E-state index in [1.165, 1.54) is 11.3 Å². The Morgan fingerprint density at radius 3 is 2.81 bits per heavy atom. The number of hydrogen-bond donors (Lipinski definition) is 1. The van der Waals surface area contributed by atoms with Gasteiger partial charge < -0.3 is 5.11 Å². The Labute approximate surface area is 158 Å². The topological polar surface area (TPSA) is 54.2 Å². The maximum absolute atomic E-state index is 9.19. The van der Waals surface area contributed by atoms with Crippen LogP contribution in [0, 0.1) is 0 Å². The van der Waals surface area contributed by atoms with Crippen molar-refractivity contribution in [3.63, 3.8) is 0 Å². The molecule has 0 radical (unpaired) electrons. The lowest BCUT2D eigenvalue weighted by Gasteiger charge is -2.32. The van der Waals surface area contributed by atoms with E-state index in [1.807, 2.05) is 35.3 Å². The van der Waals surface area contributed by atoms with Crippen LogP contribution in [0.3, 0.4) is 0 Å². The van der Waals surface area contributed by atoms with Gasteiger partial charge in [0.15, 0.2) is 0 Å². The smallest absolute Gasteiger partial charge is 0.0747 e. The zero-order valence-corrected chi connectivity index (χ0v) is 15.4. The lowest BCUT2D eigenvalue weighted by atomic mass is 9.93. The molecule has 26 heavy (non-hydrogen) atoms. The second-order valence-corrected chi connectivity index (χ2v) is 7.33. The summed E-state index contributed by atoms with van der Waals surface area (Å²) in [5.41, 5.74) is 3.48. The average molecular weight is 371 g/mol. The number of likely N-dealkylation sites (tertiary alicyclic amines) is 1. The number of aliphatic hydroxyl groups is 1. The Morgan fingerprint density at radius 1 is 1.15 bits per heavy atom. The van der Waals surface area contributed by atoms with Crippen LogP contribution in [0.4, 0.5) is 0 Å². The minimum absolute atomic E-state index is 0.127. The molecule has 2 aromatic heterocycles. The van der Waals surface area contributed by atoms with Crippen molar-refractivity contribution in [1.29, 1.82) is 0 Å². The van der Waals surface area contributed by atoms with Gasteiger partial charge in [-0.25, -0.2) is 0 Å². The van der Waals surface area contributed by atoms with Crippen molar-refractivity contribution < 1.29 is 5.11 Å². The van der Waals surface area contributed by atoms with Gasteiger partial charge in [-0.15, -0.1) is 0 Å². The second kappa shape index (κ2) is 7.74. The number of halogens is 1. The minimum atomic E-state index is 0.127. The summed E-state index contributed by atoms with van der Waals surface area (Å²) in [6, 6.07) is 10.1. The van der Waals surface area contributed by atoms with Gasteiger partial charge in [-0.2, -0.15) is 5.10 Å². The van der Waals surface area contributed by atoms with Gasteiger partial charge in [0.25, 0.3) is 0 Å². The summed E-state index contributed by atoms with van der Waals surface area (Å²) < 4.78 is 1.94. The molecule has 1 saturated heterocycles. The maximum Gasteiger partial charge on any atom is 0.0747 e. The Balaban J connectivity index is 1.45. The van der Waals surface area contributed by atoms with Crippen molar-refractivity contribution in [2.45, 2.75) is 31.8 Å². The van der Waals surface area contributed by atoms with Crippen LogP contribution in [-0.2, 0) is 13.1 Å². The van der Waals surface area contributed by atoms with Crippen LogP contribution in [-0.4, -0.2) is 44.5 Å². The highest BCUT2D eigenvalue weighted by Gasteiger charge is 2.23. The standard InChI is InChI=1S/C20H23ClN4O/c21-18-12-16-2-1-6-22-20(16)17(13-18)14-24-8-4-15(5-9-24)19-3-7-23-25(19)10-11-26/h1-3,6-7,12-13,15,26H,4-5,8-11,14H2. The zero-order valence-electron chi connectivity index (χ0n) is 14.7. The largest absolute Gasteiger partial charge is 0.394 e. The van der Waals surface area contributed by atoms with E-state index >= 15 is 0 Å². The summed E-state index contributed by atoms with van der Waals surface area (Å²) >= 11 is 6.30. The van der Waals surface area contributed by atoms with E-state index < -0.39 is 0 Å². The summed E-state index contributed by atoms with van der Waals surface area (Å²) in [4.78, 5) is 7.03. The van der Waals surface area contributed by atoms with E-state index in [4.69, 9.17) is 11.6 Å². The van der Waals surface area contributed by atoms with Crippen molar-refractivity contribution in [1.82, 2.24) is 19.7 Å². The molecule has 0 bridgehead atoms. The molecule has 1 aliphatic rings. The molecular formula is C20H23ClN4O. The van der Waals surface area contributed by atoms with Gasteiger partial charge in [0, 0.05) is 41.0 Å². The van der Waals surface area contributed by atoms with Crippen LogP contribution in [0.1, 0.15) is 30.0 Å². The first-order valence-electron chi connectivity index (χ1n) is 9.12. The Bertz CT molecular complexity index is 886. The number of fused-ring (bicyclic) bond motifs is 1. The van der Waals surface area contributed by atoms with Gasteiger partial charge in [0.2, 0.25) is 0 Å². The first-order valence-corrected chi connectivity index (χ1v) is 9.50. The van der Waals surface area contributed by atoms with Crippen molar-refractivity contribution in [2.75, 3.05) is 19.7 Å². The Morgan fingerprint density at radius 2 is 2.00 bits per heavy atom. The summed E-state index contributed by atoms with van der Waals surface area (Å²) in [5.74, 6) is 0.509. The highest BCUT2D eigenvalue weighted by Crippen LogP contribution is 2.30. The predicted octanol–water partition coefficient (Wildman–Crippen LogP) is 3.46. The van der Waals surface area contributed by atoms with E-state index in [2.05, 4.69) is 27.1 Å². The van der Waals surface area contributed by atoms with Gasteiger partial charge in [0.05, 0.1) is 18.7 Å².